The Morgan fingerprint density at radius 3 is 2.61 bits per heavy atom. The van der Waals surface area contributed by atoms with E-state index in [0.29, 0.717) is 29.9 Å². The van der Waals surface area contributed by atoms with Crippen LogP contribution < -0.4 is 14.9 Å². The molecule has 1 saturated carbocycles. The van der Waals surface area contributed by atoms with E-state index >= 15 is 0 Å². The van der Waals surface area contributed by atoms with Gasteiger partial charge in [0.1, 0.15) is 17.5 Å². The summed E-state index contributed by atoms with van der Waals surface area (Å²) in [6.07, 6.45) is 3.32. The summed E-state index contributed by atoms with van der Waals surface area (Å²) in [5.41, 5.74) is 2.29. The number of nitrogens with one attached hydrogen (secondary N) is 1. The minimum Gasteiger partial charge on any atom is -0.339 e. The standard InChI is InChI=1S/C21H22FN3O3/c1-13(23-20(26)14-6-8-16(22)9-7-14)17-10-11-18-19(25(17)28)3-2-12-24(18)21(27)15-4-5-15/h6-11,13,15H,2-5,12H2,1H3,(H-,23,26,28)/p+1. The molecule has 28 heavy (non-hydrogen) atoms. The van der Waals surface area contributed by atoms with E-state index < -0.39 is 11.9 Å². The van der Waals surface area contributed by atoms with Crippen LogP contribution >= 0.6 is 0 Å². The number of carbonyl (C=O) groups excluding carboxylic acids is 2. The fourth-order valence-electron chi connectivity index (χ4n) is 3.66. The van der Waals surface area contributed by atoms with Crippen LogP contribution in [0.15, 0.2) is 36.4 Å². The number of carbonyl (C=O) groups is 2. The maximum Gasteiger partial charge on any atom is 0.258 e. The van der Waals surface area contributed by atoms with Gasteiger partial charge in [-0.3, -0.25) is 14.8 Å². The largest absolute Gasteiger partial charge is 0.339 e. The third-order valence-electron chi connectivity index (χ3n) is 5.38. The Kier molecular flexibility index (Phi) is 4.75. The van der Waals surface area contributed by atoms with Crippen LogP contribution in [0.5, 0.6) is 0 Å². The molecule has 1 unspecified atom stereocenters. The molecule has 2 aromatic rings. The molecule has 1 aliphatic carbocycles. The molecule has 2 N–H and O–H groups in total. The van der Waals surface area contributed by atoms with Gasteiger partial charge in [0.05, 0.1) is 0 Å². The van der Waals surface area contributed by atoms with Gasteiger partial charge in [0.2, 0.25) is 5.91 Å². The number of aromatic nitrogens is 1. The van der Waals surface area contributed by atoms with Crippen molar-refractivity contribution >= 4 is 17.5 Å². The van der Waals surface area contributed by atoms with Gasteiger partial charge in [-0.2, -0.15) is 0 Å². The summed E-state index contributed by atoms with van der Waals surface area (Å²) in [5, 5.41) is 13.6. The summed E-state index contributed by atoms with van der Waals surface area (Å²) in [6.45, 7) is 2.43. The van der Waals surface area contributed by atoms with Crippen molar-refractivity contribution in [3.63, 3.8) is 0 Å². The molecule has 2 amide bonds. The first-order valence-electron chi connectivity index (χ1n) is 9.60. The number of hydrogen-bond acceptors (Lipinski definition) is 3. The molecule has 0 radical (unpaired) electrons. The molecule has 1 atom stereocenters. The van der Waals surface area contributed by atoms with Crippen molar-refractivity contribution in [2.75, 3.05) is 11.4 Å². The normalized spacial score (nSPS) is 17.0. The Labute approximate surface area is 162 Å². The highest BCUT2D eigenvalue weighted by Crippen LogP contribution is 2.35. The summed E-state index contributed by atoms with van der Waals surface area (Å²) in [6, 6.07) is 8.40. The zero-order valence-electron chi connectivity index (χ0n) is 15.7. The zero-order chi connectivity index (χ0) is 19.8. The number of rotatable bonds is 4. The topological polar surface area (TPSA) is 73.5 Å². The van der Waals surface area contributed by atoms with E-state index in [9.17, 15) is 19.2 Å². The maximum absolute atomic E-state index is 13.0. The van der Waals surface area contributed by atoms with Crippen LogP contribution in [0.1, 0.15) is 54.0 Å². The number of pyridine rings is 1. The minimum absolute atomic E-state index is 0.117. The summed E-state index contributed by atoms with van der Waals surface area (Å²) >= 11 is 0. The first-order chi connectivity index (χ1) is 13.5. The van der Waals surface area contributed by atoms with Crippen LogP contribution in [0, 0.1) is 11.7 Å². The van der Waals surface area contributed by atoms with Gasteiger partial charge in [-0.25, -0.2) is 4.39 Å². The first kappa shape index (κ1) is 18.4. The van der Waals surface area contributed by atoms with Gasteiger partial charge in [-0.1, -0.05) is 0 Å². The van der Waals surface area contributed by atoms with Gasteiger partial charge in [0.15, 0.2) is 0 Å². The van der Waals surface area contributed by atoms with Gasteiger partial charge in [0, 0.05) is 35.2 Å². The van der Waals surface area contributed by atoms with Crippen LogP contribution in [0.3, 0.4) is 0 Å². The van der Waals surface area contributed by atoms with Crippen molar-refractivity contribution in [1.82, 2.24) is 5.32 Å². The average molecular weight is 384 g/mol. The van der Waals surface area contributed by atoms with Gasteiger partial charge in [0.25, 0.3) is 17.3 Å². The maximum atomic E-state index is 13.0. The molecule has 1 aromatic heterocycles. The van der Waals surface area contributed by atoms with Gasteiger partial charge in [-0.05, 0) is 56.5 Å². The van der Waals surface area contributed by atoms with Crippen molar-refractivity contribution in [3.8, 4) is 0 Å². The molecule has 1 aliphatic heterocycles. The first-order valence-corrected chi connectivity index (χ1v) is 9.60. The van der Waals surface area contributed by atoms with E-state index in [0.717, 1.165) is 29.7 Å². The predicted molar refractivity (Wildman–Crippen MR) is 99.5 cm³/mol. The number of hydrogen-bond donors (Lipinski definition) is 2. The molecule has 0 bridgehead atoms. The lowest BCUT2D eigenvalue weighted by atomic mass is 10.0. The molecule has 7 heteroatoms. The smallest absolute Gasteiger partial charge is 0.258 e. The van der Waals surface area contributed by atoms with E-state index in [2.05, 4.69) is 5.32 Å². The highest BCUT2D eigenvalue weighted by atomic mass is 19.1. The van der Waals surface area contributed by atoms with Crippen LogP contribution in [-0.4, -0.2) is 23.6 Å². The van der Waals surface area contributed by atoms with Gasteiger partial charge in [-0.15, -0.1) is 0 Å². The lowest BCUT2D eigenvalue weighted by Crippen LogP contribution is -2.48. The molecular formula is C21H23FN3O3+. The Morgan fingerprint density at radius 1 is 1.21 bits per heavy atom. The number of nitrogens with zero attached hydrogens (tertiary/aromatic N) is 2. The predicted octanol–water partition coefficient (Wildman–Crippen LogP) is 2.53. The molecule has 4 rings (SSSR count). The lowest BCUT2D eigenvalue weighted by Gasteiger charge is -2.27. The zero-order valence-corrected chi connectivity index (χ0v) is 15.7. The fraction of sp³-hybridized carbons (Fsp3) is 0.381. The Morgan fingerprint density at radius 2 is 1.93 bits per heavy atom. The number of fused-ring (bicyclic) bond motifs is 1. The molecule has 146 valence electrons. The minimum atomic E-state index is -0.470. The molecule has 1 aromatic carbocycles. The third kappa shape index (κ3) is 3.44. The second kappa shape index (κ2) is 7.22. The quantitative estimate of drug-likeness (QED) is 0.628. The van der Waals surface area contributed by atoms with Crippen LogP contribution in [0.4, 0.5) is 10.1 Å². The summed E-state index contributed by atoms with van der Waals surface area (Å²) < 4.78 is 14.1. The van der Waals surface area contributed by atoms with Crippen LogP contribution in [0.25, 0.3) is 0 Å². The summed E-state index contributed by atoms with van der Waals surface area (Å²) in [7, 11) is 0. The Hall–Kier alpha value is -2.96. The lowest BCUT2D eigenvalue weighted by molar-refractivity contribution is -0.914. The van der Waals surface area contributed by atoms with Crippen molar-refractivity contribution < 1.29 is 23.9 Å². The van der Waals surface area contributed by atoms with E-state index in [4.69, 9.17) is 0 Å². The molecule has 0 saturated heterocycles. The van der Waals surface area contributed by atoms with E-state index in [-0.39, 0.29) is 17.7 Å². The molecule has 1 fully saturated rings. The molecule has 2 heterocycles. The molecule has 0 spiro atoms. The van der Waals surface area contributed by atoms with Crippen molar-refractivity contribution in [2.24, 2.45) is 5.92 Å². The van der Waals surface area contributed by atoms with Crippen molar-refractivity contribution in [1.29, 1.82) is 0 Å². The second-order valence-electron chi connectivity index (χ2n) is 7.47. The number of benzene rings is 1. The van der Waals surface area contributed by atoms with E-state index in [1.165, 1.54) is 24.3 Å². The third-order valence-corrected chi connectivity index (χ3v) is 5.38. The molecule has 2 aliphatic rings. The van der Waals surface area contributed by atoms with Gasteiger partial charge >= 0.3 is 0 Å². The Balaban J connectivity index is 1.56. The summed E-state index contributed by atoms with van der Waals surface area (Å²) in [4.78, 5) is 26.7. The molecular weight excluding hydrogens is 361 g/mol. The fourth-order valence-corrected chi connectivity index (χ4v) is 3.66. The average Bonchev–Trinajstić information content (AvgIpc) is 3.53. The number of anilines is 1. The SMILES string of the molecule is CC(NC(=O)c1ccc(F)cc1)c1ccc2c([n+]1O)CCCN2C(=O)C1CC1. The van der Waals surface area contributed by atoms with Crippen molar-refractivity contribution in [3.05, 3.63) is 59.2 Å². The Bertz CT molecular complexity index is 925. The van der Waals surface area contributed by atoms with Gasteiger partial charge < -0.3 is 10.2 Å². The highest BCUT2D eigenvalue weighted by molar-refractivity contribution is 5.97. The van der Waals surface area contributed by atoms with Crippen LogP contribution in [-0.2, 0) is 11.2 Å². The summed E-state index contributed by atoms with van der Waals surface area (Å²) in [5.74, 6) is -0.508. The van der Waals surface area contributed by atoms with E-state index in [1.54, 1.807) is 17.9 Å². The molecule has 6 nitrogen and oxygen atoms in total. The monoisotopic (exact) mass is 384 g/mol. The number of halogens is 1. The highest BCUT2D eigenvalue weighted by Gasteiger charge is 2.39. The second-order valence-corrected chi connectivity index (χ2v) is 7.47. The van der Waals surface area contributed by atoms with Crippen LogP contribution in [0.2, 0.25) is 0 Å². The van der Waals surface area contributed by atoms with Crippen molar-refractivity contribution in [2.45, 2.75) is 38.6 Å². The number of amides is 2. The van der Waals surface area contributed by atoms with E-state index in [1.807, 2.05) is 6.07 Å².